The molecule has 0 aliphatic heterocycles. The smallest absolute Gasteiger partial charge is 0.261 e. The molecule has 1 amide bonds. The minimum absolute atomic E-state index is 0.0475. The first-order chi connectivity index (χ1) is 14.4. The molecule has 1 aromatic heterocycles. The second kappa shape index (κ2) is 8.65. The van der Waals surface area contributed by atoms with Crippen LogP contribution in [0.4, 0.5) is 5.13 Å². The number of aromatic nitrogens is 1. The van der Waals surface area contributed by atoms with Crippen molar-refractivity contribution in [1.29, 1.82) is 0 Å². The molecule has 31 heavy (non-hydrogen) atoms. The molecule has 0 spiro atoms. The van der Waals surface area contributed by atoms with Gasteiger partial charge in [-0.2, -0.15) is 0 Å². The van der Waals surface area contributed by atoms with E-state index in [1.54, 1.807) is 24.3 Å². The number of benzene rings is 2. The Kier molecular flexibility index (Phi) is 6.51. The molecule has 0 unspecified atom stereocenters. The molecule has 0 saturated heterocycles. The third-order valence-electron chi connectivity index (χ3n) is 4.53. The van der Waals surface area contributed by atoms with Crippen LogP contribution < -0.4 is 4.90 Å². The Morgan fingerprint density at radius 2 is 1.52 bits per heavy atom. The van der Waals surface area contributed by atoms with Crippen molar-refractivity contribution in [3.63, 3.8) is 0 Å². The number of fused-ring (bicyclic) bond motifs is 1. The van der Waals surface area contributed by atoms with Gasteiger partial charge in [-0.05, 0) is 38.4 Å². The lowest BCUT2D eigenvalue weighted by Crippen LogP contribution is -2.37. The zero-order valence-electron chi connectivity index (χ0n) is 17.6. The van der Waals surface area contributed by atoms with Crippen LogP contribution in [0.25, 0.3) is 10.2 Å². The largest absolute Gasteiger partial charge is 0.308 e. The van der Waals surface area contributed by atoms with Gasteiger partial charge in [0, 0.05) is 25.6 Å². The Bertz CT molecular complexity index is 1350. The Morgan fingerprint density at radius 1 is 0.903 bits per heavy atom. The van der Waals surface area contributed by atoms with Crippen molar-refractivity contribution >= 4 is 52.3 Å². The van der Waals surface area contributed by atoms with E-state index in [-0.39, 0.29) is 21.9 Å². The summed E-state index contributed by atoms with van der Waals surface area (Å²) in [7, 11) is -3.43. The number of sulfone groups is 2. The summed E-state index contributed by atoms with van der Waals surface area (Å²) in [6.45, 7) is 0.750. The van der Waals surface area contributed by atoms with Crippen molar-refractivity contribution in [1.82, 2.24) is 9.88 Å². The van der Waals surface area contributed by atoms with Crippen molar-refractivity contribution < 1.29 is 21.6 Å². The van der Waals surface area contributed by atoms with Gasteiger partial charge in [0.05, 0.1) is 20.1 Å². The maximum atomic E-state index is 13.5. The number of anilines is 1. The highest BCUT2D eigenvalue weighted by molar-refractivity contribution is 7.91. The zero-order chi connectivity index (χ0) is 23.0. The van der Waals surface area contributed by atoms with E-state index in [9.17, 15) is 21.6 Å². The molecule has 0 saturated carbocycles. The first-order valence-electron chi connectivity index (χ1n) is 9.25. The van der Waals surface area contributed by atoms with E-state index in [0.717, 1.165) is 12.5 Å². The van der Waals surface area contributed by atoms with Crippen LogP contribution in [0.5, 0.6) is 0 Å². The quantitative estimate of drug-likeness (QED) is 0.510. The Morgan fingerprint density at radius 3 is 2.13 bits per heavy atom. The molecule has 2 aromatic carbocycles. The fourth-order valence-corrected chi connectivity index (χ4v) is 5.82. The lowest BCUT2D eigenvalue weighted by atomic mass is 10.2. The summed E-state index contributed by atoms with van der Waals surface area (Å²) in [5.41, 5.74) is 0.343. The predicted octanol–water partition coefficient (Wildman–Crippen LogP) is 2.31. The maximum Gasteiger partial charge on any atom is 0.261 e. The third kappa shape index (κ3) is 5.12. The van der Waals surface area contributed by atoms with Crippen LogP contribution in [-0.4, -0.2) is 72.3 Å². The first kappa shape index (κ1) is 23.3. The number of rotatable bonds is 7. The lowest BCUT2D eigenvalue weighted by molar-refractivity contribution is 0.0982. The van der Waals surface area contributed by atoms with Crippen LogP contribution in [0, 0.1) is 0 Å². The van der Waals surface area contributed by atoms with E-state index >= 15 is 0 Å². The summed E-state index contributed by atoms with van der Waals surface area (Å²) in [4.78, 5) is 21.3. The second-order valence-corrected chi connectivity index (χ2v) is 12.4. The fourth-order valence-electron chi connectivity index (χ4n) is 3.02. The minimum Gasteiger partial charge on any atom is -0.308 e. The highest BCUT2D eigenvalue weighted by Gasteiger charge is 2.27. The number of likely N-dealkylation sites (N-methyl/N-ethyl adjacent to an activating group) is 1. The summed E-state index contributed by atoms with van der Waals surface area (Å²) in [6.07, 6.45) is 2.16. The fraction of sp³-hybridized carbons (Fsp3) is 0.300. The number of para-hydroxylation sites is 1. The SMILES string of the molecule is CN(C)CCN(C(=O)c1ccccc1S(C)(=O)=O)c1nc2c(S(C)(=O)=O)cccc2s1. The Labute approximate surface area is 186 Å². The summed E-state index contributed by atoms with van der Waals surface area (Å²) in [5, 5.41) is 0.307. The van der Waals surface area contributed by atoms with Gasteiger partial charge in [-0.1, -0.05) is 29.5 Å². The molecule has 0 bridgehead atoms. The van der Waals surface area contributed by atoms with E-state index in [1.165, 1.54) is 34.4 Å². The molecule has 0 aliphatic rings. The number of amides is 1. The van der Waals surface area contributed by atoms with E-state index in [0.29, 0.717) is 21.9 Å². The normalized spacial score (nSPS) is 12.4. The monoisotopic (exact) mass is 481 g/mol. The van der Waals surface area contributed by atoms with Gasteiger partial charge >= 0.3 is 0 Å². The number of hydrogen-bond acceptors (Lipinski definition) is 8. The van der Waals surface area contributed by atoms with Crippen molar-refractivity contribution in [2.75, 3.05) is 44.6 Å². The molecule has 0 aliphatic carbocycles. The van der Waals surface area contributed by atoms with Gasteiger partial charge in [-0.15, -0.1) is 0 Å². The zero-order valence-corrected chi connectivity index (χ0v) is 20.0. The van der Waals surface area contributed by atoms with Gasteiger partial charge in [-0.25, -0.2) is 21.8 Å². The van der Waals surface area contributed by atoms with Gasteiger partial charge in [0.15, 0.2) is 24.8 Å². The lowest BCUT2D eigenvalue weighted by Gasteiger charge is -2.22. The Hall–Kier alpha value is -2.34. The maximum absolute atomic E-state index is 13.5. The highest BCUT2D eigenvalue weighted by atomic mass is 32.2. The van der Waals surface area contributed by atoms with Crippen molar-refractivity contribution in [2.45, 2.75) is 9.79 Å². The number of carbonyl (C=O) groups excluding carboxylic acids is 1. The molecule has 3 rings (SSSR count). The Balaban J connectivity index is 2.17. The average molecular weight is 482 g/mol. The number of thiazole rings is 1. The predicted molar refractivity (Wildman–Crippen MR) is 123 cm³/mol. The molecule has 8 nitrogen and oxygen atoms in total. The van der Waals surface area contributed by atoms with Gasteiger partial charge in [0.25, 0.3) is 5.91 Å². The molecular formula is C20H23N3O5S3. The summed E-state index contributed by atoms with van der Waals surface area (Å²) in [6, 6.07) is 10.9. The van der Waals surface area contributed by atoms with E-state index in [2.05, 4.69) is 4.98 Å². The van der Waals surface area contributed by atoms with Crippen LogP contribution in [0.15, 0.2) is 52.3 Å². The van der Waals surface area contributed by atoms with E-state index in [1.807, 2.05) is 19.0 Å². The molecule has 3 aromatic rings. The topological polar surface area (TPSA) is 105 Å². The van der Waals surface area contributed by atoms with E-state index in [4.69, 9.17) is 0 Å². The van der Waals surface area contributed by atoms with Gasteiger partial charge in [0.1, 0.15) is 5.52 Å². The molecule has 0 atom stereocenters. The molecule has 1 heterocycles. The molecular weight excluding hydrogens is 458 g/mol. The second-order valence-electron chi connectivity index (χ2n) is 7.40. The number of nitrogens with zero attached hydrogens (tertiary/aromatic N) is 3. The van der Waals surface area contributed by atoms with Crippen molar-refractivity contribution in [2.24, 2.45) is 0 Å². The molecule has 0 N–H and O–H groups in total. The van der Waals surface area contributed by atoms with Crippen molar-refractivity contribution in [3.05, 3.63) is 48.0 Å². The van der Waals surface area contributed by atoms with Gasteiger partial charge < -0.3 is 4.90 Å². The number of hydrogen-bond donors (Lipinski definition) is 0. The average Bonchev–Trinajstić information content (AvgIpc) is 3.10. The first-order valence-corrected chi connectivity index (χ1v) is 13.8. The van der Waals surface area contributed by atoms with Crippen LogP contribution >= 0.6 is 11.3 Å². The summed E-state index contributed by atoms with van der Waals surface area (Å²) in [5.74, 6) is -0.511. The van der Waals surface area contributed by atoms with Crippen molar-refractivity contribution in [3.8, 4) is 0 Å². The third-order valence-corrected chi connectivity index (χ3v) is 7.86. The highest BCUT2D eigenvalue weighted by Crippen LogP contribution is 2.33. The number of carbonyl (C=O) groups is 1. The summed E-state index contributed by atoms with van der Waals surface area (Å²) < 4.78 is 49.4. The van der Waals surface area contributed by atoms with Gasteiger partial charge in [0.2, 0.25) is 0 Å². The minimum atomic E-state index is -3.63. The summed E-state index contributed by atoms with van der Waals surface area (Å²) >= 11 is 1.19. The molecule has 0 fully saturated rings. The van der Waals surface area contributed by atoms with Crippen LogP contribution in [0.2, 0.25) is 0 Å². The van der Waals surface area contributed by atoms with Crippen LogP contribution in [0.1, 0.15) is 10.4 Å². The van der Waals surface area contributed by atoms with Crippen LogP contribution in [0.3, 0.4) is 0 Å². The van der Waals surface area contributed by atoms with Crippen LogP contribution in [-0.2, 0) is 19.7 Å². The molecule has 0 radical (unpaired) electrons. The van der Waals surface area contributed by atoms with E-state index < -0.39 is 25.6 Å². The molecule has 11 heteroatoms. The standard InChI is InChI=1S/C20H23N3O5S3/c1-22(2)12-13-23(19(24)14-8-5-6-10-16(14)30(3,25)26)20-21-18-15(29-20)9-7-11-17(18)31(4,27)28/h5-11H,12-13H2,1-4H3. The van der Waals surface area contributed by atoms with Gasteiger partial charge in [-0.3, -0.25) is 9.69 Å². The molecule has 166 valence electrons.